The Labute approximate surface area is 151 Å². The number of piperidine rings is 1. The van der Waals surface area contributed by atoms with Crippen LogP contribution in [0, 0.1) is 5.92 Å². The van der Waals surface area contributed by atoms with Crippen LogP contribution in [0.25, 0.3) is 0 Å². The maximum absolute atomic E-state index is 12.5. The van der Waals surface area contributed by atoms with E-state index in [4.69, 9.17) is 0 Å². The minimum atomic E-state index is 0.0110. The molecule has 2 aliphatic heterocycles. The van der Waals surface area contributed by atoms with E-state index in [1.54, 1.807) is 0 Å². The van der Waals surface area contributed by atoms with Crippen molar-refractivity contribution >= 4 is 11.8 Å². The second kappa shape index (κ2) is 8.99. The molecule has 3 rings (SSSR count). The molecule has 2 saturated heterocycles. The van der Waals surface area contributed by atoms with Gasteiger partial charge in [0.05, 0.1) is 12.6 Å². The highest BCUT2D eigenvalue weighted by molar-refractivity contribution is 5.82. The Balaban J connectivity index is 1.37. The molecule has 142 valence electrons. The SMILES string of the molecule is CC1CCCC(NC(=O)CN2CCN(C(=O)[C@H]3CCCCN3)CC2)C1. The molecule has 2 unspecified atom stereocenters. The summed E-state index contributed by atoms with van der Waals surface area (Å²) in [5.74, 6) is 1.12. The standard InChI is InChI=1S/C19H34N4O2/c1-15-5-4-6-16(13-15)21-18(24)14-22-9-11-23(12-10-22)19(25)17-7-2-3-8-20-17/h15-17,20H,2-14H2,1H3,(H,21,24)/t15?,16?,17-/m1/s1. The van der Waals surface area contributed by atoms with Crippen LogP contribution in [0.15, 0.2) is 0 Å². The highest BCUT2D eigenvalue weighted by Gasteiger charge is 2.29. The van der Waals surface area contributed by atoms with Crippen molar-refractivity contribution in [2.24, 2.45) is 5.92 Å². The number of piperazine rings is 1. The fourth-order valence-corrected chi connectivity index (χ4v) is 4.45. The van der Waals surface area contributed by atoms with Gasteiger partial charge >= 0.3 is 0 Å². The number of nitrogens with zero attached hydrogens (tertiary/aromatic N) is 2. The van der Waals surface area contributed by atoms with Gasteiger partial charge in [0.2, 0.25) is 11.8 Å². The number of carbonyl (C=O) groups is 2. The first-order valence-electron chi connectivity index (χ1n) is 10.2. The second-order valence-electron chi connectivity index (χ2n) is 8.14. The smallest absolute Gasteiger partial charge is 0.239 e. The topological polar surface area (TPSA) is 64.7 Å². The van der Waals surface area contributed by atoms with E-state index >= 15 is 0 Å². The molecular formula is C19H34N4O2. The van der Waals surface area contributed by atoms with Gasteiger partial charge in [0.1, 0.15) is 0 Å². The molecule has 2 heterocycles. The highest BCUT2D eigenvalue weighted by atomic mass is 16.2. The zero-order valence-electron chi connectivity index (χ0n) is 15.6. The molecule has 0 aromatic heterocycles. The molecule has 0 bridgehead atoms. The third-order valence-electron chi connectivity index (χ3n) is 5.96. The van der Waals surface area contributed by atoms with Crippen molar-refractivity contribution in [1.29, 1.82) is 0 Å². The summed E-state index contributed by atoms with van der Waals surface area (Å²) in [6.07, 6.45) is 8.02. The average molecular weight is 351 g/mol. The molecule has 3 aliphatic rings. The normalized spacial score (nSPS) is 31.6. The number of carbonyl (C=O) groups excluding carboxylic acids is 2. The lowest BCUT2D eigenvalue weighted by Gasteiger charge is -2.37. The summed E-state index contributed by atoms with van der Waals surface area (Å²) in [5, 5.41) is 6.55. The van der Waals surface area contributed by atoms with Crippen LogP contribution in [0.2, 0.25) is 0 Å². The fraction of sp³-hybridized carbons (Fsp3) is 0.895. The van der Waals surface area contributed by atoms with Crippen LogP contribution < -0.4 is 10.6 Å². The molecule has 6 nitrogen and oxygen atoms in total. The summed E-state index contributed by atoms with van der Waals surface area (Å²) in [4.78, 5) is 29.0. The monoisotopic (exact) mass is 350 g/mol. The van der Waals surface area contributed by atoms with Crippen molar-refractivity contribution in [3.05, 3.63) is 0 Å². The molecule has 1 aliphatic carbocycles. The minimum Gasteiger partial charge on any atom is -0.352 e. The van der Waals surface area contributed by atoms with E-state index in [9.17, 15) is 9.59 Å². The zero-order chi connectivity index (χ0) is 17.6. The first kappa shape index (κ1) is 18.6. The third kappa shape index (κ3) is 5.42. The van der Waals surface area contributed by atoms with E-state index in [2.05, 4.69) is 22.5 Å². The van der Waals surface area contributed by atoms with Crippen LogP contribution in [0.4, 0.5) is 0 Å². The van der Waals surface area contributed by atoms with E-state index in [0.717, 1.165) is 64.3 Å². The molecular weight excluding hydrogens is 316 g/mol. The molecule has 6 heteroatoms. The van der Waals surface area contributed by atoms with Crippen molar-refractivity contribution in [3.63, 3.8) is 0 Å². The number of hydrogen-bond donors (Lipinski definition) is 2. The molecule has 3 atom stereocenters. The molecule has 0 radical (unpaired) electrons. The number of amides is 2. The number of nitrogens with one attached hydrogen (secondary N) is 2. The molecule has 0 aromatic rings. The largest absolute Gasteiger partial charge is 0.352 e. The summed E-state index contributed by atoms with van der Waals surface area (Å²) < 4.78 is 0. The molecule has 25 heavy (non-hydrogen) atoms. The van der Waals surface area contributed by atoms with Crippen molar-refractivity contribution in [2.45, 2.75) is 64.0 Å². The van der Waals surface area contributed by atoms with Crippen molar-refractivity contribution in [1.82, 2.24) is 20.4 Å². The molecule has 0 spiro atoms. The zero-order valence-corrected chi connectivity index (χ0v) is 15.6. The Bertz CT molecular complexity index is 456. The predicted molar refractivity (Wildman–Crippen MR) is 98.2 cm³/mol. The van der Waals surface area contributed by atoms with E-state index in [-0.39, 0.29) is 17.9 Å². The first-order chi connectivity index (χ1) is 12.1. The second-order valence-corrected chi connectivity index (χ2v) is 8.14. The Kier molecular flexibility index (Phi) is 6.70. The Morgan fingerprint density at radius 1 is 1.04 bits per heavy atom. The Morgan fingerprint density at radius 3 is 2.52 bits per heavy atom. The van der Waals surface area contributed by atoms with E-state index in [0.29, 0.717) is 12.6 Å². The van der Waals surface area contributed by atoms with Crippen molar-refractivity contribution in [3.8, 4) is 0 Å². The van der Waals surface area contributed by atoms with Crippen LogP contribution in [0.5, 0.6) is 0 Å². The van der Waals surface area contributed by atoms with Crippen molar-refractivity contribution in [2.75, 3.05) is 39.3 Å². The van der Waals surface area contributed by atoms with Gasteiger partial charge in [-0.05, 0) is 38.1 Å². The molecule has 3 fully saturated rings. The van der Waals surface area contributed by atoms with E-state index in [1.165, 1.54) is 19.3 Å². The van der Waals surface area contributed by atoms with Gasteiger partial charge in [0, 0.05) is 32.2 Å². The van der Waals surface area contributed by atoms with Crippen molar-refractivity contribution < 1.29 is 9.59 Å². The number of hydrogen-bond acceptors (Lipinski definition) is 4. The van der Waals surface area contributed by atoms with Gasteiger partial charge in [0.15, 0.2) is 0 Å². The summed E-state index contributed by atoms with van der Waals surface area (Å²) in [6.45, 7) is 6.77. The average Bonchev–Trinajstić information content (AvgIpc) is 2.62. The summed E-state index contributed by atoms with van der Waals surface area (Å²) >= 11 is 0. The predicted octanol–water partition coefficient (Wildman–Crippen LogP) is 0.968. The van der Waals surface area contributed by atoms with E-state index in [1.807, 2.05) is 4.90 Å². The fourth-order valence-electron chi connectivity index (χ4n) is 4.45. The lowest BCUT2D eigenvalue weighted by Crippen LogP contribution is -2.56. The van der Waals surface area contributed by atoms with Crippen LogP contribution in [-0.2, 0) is 9.59 Å². The quantitative estimate of drug-likeness (QED) is 0.793. The van der Waals surface area contributed by atoms with Crippen LogP contribution in [0.1, 0.15) is 51.9 Å². The molecule has 2 amide bonds. The lowest BCUT2D eigenvalue weighted by molar-refractivity contribution is -0.136. The highest BCUT2D eigenvalue weighted by Crippen LogP contribution is 2.23. The van der Waals surface area contributed by atoms with Crippen LogP contribution in [-0.4, -0.2) is 73.0 Å². The van der Waals surface area contributed by atoms with Gasteiger partial charge in [-0.2, -0.15) is 0 Å². The van der Waals surface area contributed by atoms with Gasteiger partial charge in [-0.25, -0.2) is 0 Å². The van der Waals surface area contributed by atoms with Gasteiger partial charge in [-0.1, -0.05) is 26.2 Å². The Morgan fingerprint density at radius 2 is 1.84 bits per heavy atom. The van der Waals surface area contributed by atoms with Gasteiger partial charge in [0.25, 0.3) is 0 Å². The summed E-state index contributed by atoms with van der Waals surface area (Å²) in [5.41, 5.74) is 0. The van der Waals surface area contributed by atoms with Gasteiger partial charge < -0.3 is 15.5 Å². The van der Waals surface area contributed by atoms with Gasteiger partial charge in [-0.15, -0.1) is 0 Å². The maximum atomic E-state index is 12.5. The first-order valence-corrected chi connectivity index (χ1v) is 10.2. The molecule has 1 saturated carbocycles. The molecule has 2 N–H and O–H groups in total. The lowest BCUT2D eigenvalue weighted by atomic mass is 9.87. The van der Waals surface area contributed by atoms with Crippen LogP contribution in [0.3, 0.4) is 0 Å². The maximum Gasteiger partial charge on any atom is 0.239 e. The minimum absolute atomic E-state index is 0.0110. The number of rotatable bonds is 4. The van der Waals surface area contributed by atoms with Crippen LogP contribution >= 0.6 is 0 Å². The molecule has 0 aromatic carbocycles. The third-order valence-corrected chi connectivity index (χ3v) is 5.96. The van der Waals surface area contributed by atoms with E-state index < -0.39 is 0 Å². The van der Waals surface area contributed by atoms with Gasteiger partial charge in [-0.3, -0.25) is 14.5 Å². The summed E-state index contributed by atoms with van der Waals surface area (Å²) in [6, 6.07) is 0.369. The Hall–Kier alpha value is -1.14. The summed E-state index contributed by atoms with van der Waals surface area (Å²) in [7, 11) is 0.